The van der Waals surface area contributed by atoms with Crippen LogP contribution in [-0.4, -0.2) is 30.9 Å². The highest BCUT2D eigenvalue weighted by molar-refractivity contribution is 7.98. The van der Waals surface area contributed by atoms with Gasteiger partial charge < -0.3 is 9.57 Å². The number of anilines is 1. The molecule has 7 heteroatoms. The quantitative estimate of drug-likeness (QED) is 0.489. The minimum atomic E-state index is -0.481. The van der Waals surface area contributed by atoms with E-state index in [1.807, 2.05) is 54.8 Å². The third kappa shape index (κ3) is 3.98. The molecule has 0 amide bonds. The first-order valence-corrected chi connectivity index (χ1v) is 9.27. The average Bonchev–Trinajstić information content (AvgIpc) is 3.03. The maximum absolute atomic E-state index is 11.9. The van der Waals surface area contributed by atoms with Crippen molar-refractivity contribution in [2.24, 2.45) is 0 Å². The van der Waals surface area contributed by atoms with Crippen LogP contribution < -0.4 is 9.80 Å². The second-order valence-electron chi connectivity index (χ2n) is 4.89. The number of para-hydroxylation sites is 1. The van der Waals surface area contributed by atoms with Crippen LogP contribution in [0.1, 0.15) is 0 Å². The number of fused-ring (bicyclic) bond motifs is 1. The zero-order chi connectivity index (χ0) is 16.9. The molecule has 0 N–H and O–H groups in total. The Hall–Kier alpha value is -2.25. The third-order valence-corrected chi connectivity index (χ3v) is 4.95. The maximum Gasteiger partial charge on any atom is 0.369 e. The van der Waals surface area contributed by atoms with Crippen molar-refractivity contribution in [3.8, 4) is 5.19 Å². The number of carbonyl (C=O) groups is 1. The summed E-state index contributed by atoms with van der Waals surface area (Å²) in [4.78, 5) is 22.6. The summed E-state index contributed by atoms with van der Waals surface area (Å²) >= 11 is 3.06. The second-order valence-corrected chi connectivity index (χ2v) is 6.77. The number of ether oxygens (including phenoxy) is 1. The molecule has 0 fully saturated rings. The number of benzene rings is 2. The lowest BCUT2D eigenvalue weighted by Gasteiger charge is -2.18. The van der Waals surface area contributed by atoms with Gasteiger partial charge in [-0.2, -0.15) is 0 Å². The molecule has 0 bridgehead atoms. The number of rotatable bonds is 6. The van der Waals surface area contributed by atoms with Crippen molar-refractivity contribution in [3.63, 3.8) is 0 Å². The van der Waals surface area contributed by atoms with Gasteiger partial charge in [-0.3, -0.25) is 0 Å². The smallest absolute Gasteiger partial charge is 0.369 e. The molecule has 5 nitrogen and oxygen atoms in total. The van der Waals surface area contributed by atoms with Crippen LogP contribution in [0, 0.1) is 0 Å². The molecule has 0 spiro atoms. The lowest BCUT2D eigenvalue weighted by Crippen LogP contribution is -2.26. The number of aromatic nitrogens is 1. The SMILES string of the molecule is CSc1ccc(N(C)OC(=O)COc2nc3ccccc3s2)cc1. The van der Waals surface area contributed by atoms with E-state index in [-0.39, 0.29) is 6.61 Å². The summed E-state index contributed by atoms with van der Waals surface area (Å²) in [6.45, 7) is -0.187. The predicted octanol–water partition coefficient (Wildman–Crippen LogP) is 3.99. The lowest BCUT2D eigenvalue weighted by atomic mass is 10.3. The van der Waals surface area contributed by atoms with Gasteiger partial charge in [0.15, 0.2) is 6.61 Å². The minimum absolute atomic E-state index is 0.187. The van der Waals surface area contributed by atoms with E-state index in [1.165, 1.54) is 16.4 Å². The van der Waals surface area contributed by atoms with E-state index < -0.39 is 5.97 Å². The Morgan fingerprint density at radius 3 is 2.67 bits per heavy atom. The Labute approximate surface area is 148 Å². The molecule has 0 aliphatic heterocycles. The molecule has 0 saturated carbocycles. The molecule has 0 aliphatic rings. The van der Waals surface area contributed by atoms with Gasteiger partial charge in [0.2, 0.25) is 0 Å². The first kappa shape index (κ1) is 16.6. The Morgan fingerprint density at radius 2 is 1.96 bits per heavy atom. The van der Waals surface area contributed by atoms with Crippen LogP contribution >= 0.6 is 23.1 Å². The van der Waals surface area contributed by atoms with E-state index in [0.29, 0.717) is 5.19 Å². The van der Waals surface area contributed by atoms with E-state index >= 15 is 0 Å². The molecule has 1 aromatic heterocycles. The number of carbonyl (C=O) groups excluding carboxylic acids is 1. The monoisotopic (exact) mass is 360 g/mol. The van der Waals surface area contributed by atoms with E-state index in [0.717, 1.165) is 20.8 Å². The number of hydrogen-bond acceptors (Lipinski definition) is 7. The van der Waals surface area contributed by atoms with Crippen LogP contribution in [0.15, 0.2) is 53.4 Å². The first-order valence-electron chi connectivity index (χ1n) is 7.22. The fraction of sp³-hybridized carbons (Fsp3) is 0.176. The molecule has 24 heavy (non-hydrogen) atoms. The van der Waals surface area contributed by atoms with Gasteiger partial charge in [-0.1, -0.05) is 23.5 Å². The van der Waals surface area contributed by atoms with Crippen LogP contribution in [0.4, 0.5) is 5.69 Å². The molecule has 0 atom stereocenters. The van der Waals surface area contributed by atoms with Crippen LogP contribution in [0.2, 0.25) is 0 Å². The molecule has 0 saturated heterocycles. The molecule has 2 aromatic carbocycles. The Balaban J connectivity index is 1.54. The number of hydrogen-bond donors (Lipinski definition) is 0. The molecule has 0 radical (unpaired) electrons. The zero-order valence-corrected chi connectivity index (χ0v) is 14.9. The summed E-state index contributed by atoms with van der Waals surface area (Å²) in [7, 11) is 1.68. The highest BCUT2D eigenvalue weighted by atomic mass is 32.2. The van der Waals surface area contributed by atoms with Crippen molar-refractivity contribution in [3.05, 3.63) is 48.5 Å². The van der Waals surface area contributed by atoms with Gasteiger partial charge in [-0.25, -0.2) is 14.8 Å². The second kappa shape index (κ2) is 7.55. The molecule has 3 rings (SSSR count). The topological polar surface area (TPSA) is 51.7 Å². The van der Waals surface area contributed by atoms with Gasteiger partial charge in [0.05, 0.1) is 15.9 Å². The fourth-order valence-electron chi connectivity index (χ4n) is 2.06. The highest BCUT2D eigenvalue weighted by Gasteiger charge is 2.12. The van der Waals surface area contributed by atoms with Gasteiger partial charge >= 0.3 is 5.97 Å². The van der Waals surface area contributed by atoms with Crippen molar-refractivity contribution in [2.75, 3.05) is 25.0 Å². The molecule has 0 unspecified atom stereocenters. The Kier molecular flexibility index (Phi) is 5.22. The van der Waals surface area contributed by atoms with Gasteiger partial charge in [-0.05, 0) is 42.7 Å². The summed E-state index contributed by atoms with van der Waals surface area (Å²) in [5.74, 6) is -0.481. The van der Waals surface area contributed by atoms with Gasteiger partial charge in [0, 0.05) is 11.9 Å². The van der Waals surface area contributed by atoms with E-state index in [2.05, 4.69) is 4.98 Å². The van der Waals surface area contributed by atoms with Crippen molar-refractivity contribution in [1.29, 1.82) is 0 Å². The van der Waals surface area contributed by atoms with Crippen LogP contribution in [0.5, 0.6) is 5.19 Å². The normalized spacial score (nSPS) is 10.6. The van der Waals surface area contributed by atoms with Gasteiger partial charge in [-0.15, -0.1) is 11.8 Å². The van der Waals surface area contributed by atoms with Crippen molar-refractivity contribution >= 4 is 45.0 Å². The third-order valence-electron chi connectivity index (χ3n) is 3.26. The van der Waals surface area contributed by atoms with Gasteiger partial charge in [0.25, 0.3) is 5.19 Å². The highest BCUT2D eigenvalue weighted by Crippen LogP contribution is 2.27. The minimum Gasteiger partial charge on any atom is -0.458 e. The lowest BCUT2D eigenvalue weighted by molar-refractivity contribution is -0.146. The molecular formula is C17H16N2O3S2. The number of nitrogens with zero attached hydrogens (tertiary/aromatic N) is 2. The van der Waals surface area contributed by atoms with Crippen LogP contribution in [0.25, 0.3) is 10.2 Å². The predicted molar refractivity (Wildman–Crippen MR) is 97.8 cm³/mol. The van der Waals surface area contributed by atoms with E-state index in [1.54, 1.807) is 18.8 Å². The fourth-order valence-corrected chi connectivity index (χ4v) is 3.28. The maximum atomic E-state index is 11.9. The number of hydroxylamine groups is 1. The largest absolute Gasteiger partial charge is 0.458 e. The number of thiazole rings is 1. The summed E-state index contributed by atoms with van der Waals surface area (Å²) < 4.78 is 6.45. The van der Waals surface area contributed by atoms with Gasteiger partial charge in [0.1, 0.15) is 0 Å². The molecule has 0 aliphatic carbocycles. The summed E-state index contributed by atoms with van der Waals surface area (Å²) in [6, 6.07) is 15.5. The van der Waals surface area contributed by atoms with Crippen LogP contribution in [-0.2, 0) is 9.63 Å². The molecule has 124 valence electrons. The van der Waals surface area contributed by atoms with Crippen molar-refractivity contribution in [1.82, 2.24) is 4.98 Å². The first-order chi connectivity index (χ1) is 11.7. The summed E-state index contributed by atoms with van der Waals surface area (Å²) in [5.41, 5.74) is 1.65. The average molecular weight is 360 g/mol. The van der Waals surface area contributed by atoms with Crippen LogP contribution in [0.3, 0.4) is 0 Å². The number of thioether (sulfide) groups is 1. The summed E-state index contributed by atoms with van der Waals surface area (Å²) in [5, 5.41) is 1.88. The molecule has 3 aromatic rings. The Bertz CT molecular complexity index is 800. The summed E-state index contributed by atoms with van der Waals surface area (Å²) in [6.07, 6.45) is 2.01. The Morgan fingerprint density at radius 1 is 1.21 bits per heavy atom. The zero-order valence-electron chi connectivity index (χ0n) is 13.3. The molecule has 1 heterocycles. The molecular weight excluding hydrogens is 344 g/mol. The standard InChI is InChI=1S/C17H16N2O3S2/c1-19(12-7-9-13(23-2)10-8-12)22-16(20)11-21-17-18-14-5-3-4-6-15(14)24-17/h3-10H,11H2,1-2H3. The van der Waals surface area contributed by atoms with E-state index in [9.17, 15) is 4.79 Å². The van der Waals surface area contributed by atoms with E-state index in [4.69, 9.17) is 9.57 Å². The van der Waals surface area contributed by atoms with Crippen molar-refractivity contribution < 1.29 is 14.4 Å². The van der Waals surface area contributed by atoms with Crippen molar-refractivity contribution in [2.45, 2.75) is 4.90 Å².